The second-order valence-corrected chi connectivity index (χ2v) is 7.37. The molecular formula is C18H21F2N3O2. The van der Waals surface area contributed by atoms with Crippen LogP contribution in [0.1, 0.15) is 50.1 Å². The number of carbonyl (C=O) groups is 2. The average molecular weight is 349 g/mol. The van der Waals surface area contributed by atoms with Crippen LogP contribution in [0.5, 0.6) is 0 Å². The van der Waals surface area contributed by atoms with Gasteiger partial charge in [-0.2, -0.15) is 0 Å². The monoisotopic (exact) mass is 349 g/mol. The maximum Gasteiger partial charge on any atom is 0.252 e. The highest BCUT2D eigenvalue weighted by Crippen LogP contribution is 2.44. The van der Waals surface area contributed by atoms with Crippen LogP contribution in [0.25, 0.3) is 0 Å². The lowest BCUT2D eigenvalue weighted by atomic mass is 9.82. The molecule has 3 aliphatic rings. The molecule has 4 rings (SSSR count). The number of amides is 2. The molecule has 1 aromatic heterocycles. The van der Waals surface area contributed by atoms with Gasteiger partial charge in [-0.3, -0.25) is 14.6 Å². The Balaban J connectivity index is 1.56. The van der Waals surface area contributed by atoms with Crippen molar-refractivity contribution in [1.29, 1.82) is 0 Å². The summed E-state index contributed by atoms with van der Waals surface area (Å²) in [5.74, 6) is -3.22. The summed E-state index contributed by atoms with van der Waals surface area (Å²) in [5.41, 5.74) is 0.883. The normalized spacial score (nSPS) is 29.2. The highest BCUT2D eigenvalue weighted by Gasteiger charge is 2.49. The van der Waals surface area contributed by atoms with Crippen LogP contribution in [0.3, 0.4) is 0 Å². The maximum atomic E-state index is 13.0. The van der Waals surface area contributed by atoms with E-state index in [0.717, 1.165) is 18.4 Å². The van der Waals surface area contributed by atoms with Gasteiger partial charge in [0.1, 0.15) is 0 Å². The first-order chi connectivity index (χ1) is 11.9. The van der Waals surface area contributed by atoms with E-state index >= 15 is 0 Å². The molecule has 134 valence electrons. The number of likely N-dealkylation sites (tertiary alicyclic amines) is 1. The largest absolute Gasteiger partial charge is 0.353 e. The summed E-state index contributed by atoms with van der Waals surface area (Å²) < 4.78 is 26.1. The Bertz CT molecular complexity index is 670. The van der Waals surface area contributed by atoms with E-state index in [0.29, 0.717) is 12.8 Å². The summed E-state index contributed by atoms with van der Waals surface area (Å²) in [7, 11) is 0. The number of pyridine rings is 1. The van der Waals surface area contributed by atoms with Gasteiger partial charge in [-0.15, -0.1) is 0 Å². The zero-order valence-electron chi connectivity index (χ0n) is 13.8. The van der Waals surface area contributed by atoms with E-state index < -0.39 is 17.9 Å². The minimum atomic E-state index is -2.66. The summed E-state index contributed by atoms with van der Waals surface area (Å²) in [6.45, 7) is 0. The van der Waals surface area contributed by atoms with Crippen LogP contribution in [0, 0.1) is 5.92 Å². The van der Waals surface area contributed by atoms with Crippen LogP contribution in [-0.4, -0.2) is 39.7 Å². The Kier molecular flexibility index (Phi) is 3.96. The Morgan fingerprint density at radius 2 is 1.88 bits per heavy atom. The van der Waals surface area contributed by atoms with Crippen molar-refractivity contribution >= 4 is 11.8 Å². The molecule has 1 aliphatic heterocycles. The summed E-state index contributed by atoms with van der Waals surface area (Å²) in [6, 6.07) is 3.05. The number of hydrogen-bond acceptors (Lipinski definition) is 3. The molecule has 2 aliphatic carbocycles. The number of nitrogens with one attached hydrogen (secondary N) is 1. The molecule has 3 fully saturated rings. The number of carbonyl (C=O) groups excluding carboxylic acids is 2. The second kappa shape index (κ2) is 6.04. The summed E-state index contributed by atoms with van der Waals surface area (Å²) in [4.78, 5) is 31.1. The number of nitrogens with zero attached hydrogens (tertiary/aromatic N) is 2. The lowest BCUT2D eigenvalue weighted by molar-refractivity contribution is -0.146. The predicted molar refractivity (Wildman–Crippen MR) is 85.7 cm³/mol. The van der Waals surface area contributed by atoms with Crippen LogP contribution >= 0.6 is 0 Å². The number of aromatic nitrogens is 1. The van der Waals surface area contributed by atoms with E-state index in [4.69, 9.17) is 0 Å². The van der Waals surface area contributed by atoms with E-state index in [9.17, 15) is 18.4 Å². The Hall–Kier alpha value is -2.05. The third-order valence-electron chi connectivity index (χ3n) is 5.40. The maximum absolute atomic E-state index is 13.0. The molecule has 0 radical (unpaired) electrons. The second-order valence-electron chi connectivity index (χ2n) is 7.37. The Morgan fingerprint density at radius 3 is 2.48 bits per heavy atom. The molecule has 2 amide bonds. The van der Waals surface area contributed by atoms with Crippen LogP contribution in [0.2, 0.25) is 0 Å². The SMILES string of the molecule is O=C(NC1CC(F)(F)C1)[C@H]1CCC(=O)N(C2CC2)[C@@H]1c1ccncc1. The van der Waals surface area contributed by atoms with Crippen molar-refractivity contribution in [3.05, 3.63) is 30.1 Å². The molecule has 0 spiro atoms. The molecule has 2 saturated carbocycles. The molecule has 2 atom stereocenters. The van der Waals surface area contributed by atoms with Gasteiger partial charge in [-0.25, -0.2) is 8.78 Å². The fourth-order valence-electron chi connectivity index (χ4n) is 4.00. The third-order valence-corrected chi connectivity index (χ3v) is 5.40. The molecule has 0 aromatic carbocycles. The van der Waals surface area contributed by atoms with E-state index in [1.165, 1.54) is 0 Å². The van der Waals surface area contributed by atoms with Gasteiger partial charge in [0.05, 0.1) is 12.0 Å². The van der Waals surface area contributed by atoms with Crippen molar-refractivity contribution in [2.24, 2.45) is 5.92 Å². The third kappa shape index (κ3) is 3.24. The van der Waals surface area contributed by atoms with Crippen molar-refractivity contribution in [3.63, 3.8) is 0 Å². The molecule has 0 bridgehead atoms. The molecule has 1 N–H and O–H groups in total. The van der Waals surface area contributed by atoms with Gasteiger partial charge in [0.25, 0.3) is 5.92 Å². The smallest absolute Gasteiger partial charge is 0.252 e. The molecular weight excluding hydrogens is 328 g/mol. The zero-order valence-corrected chi connectivity index (χ0v) is 13.8. The van der Waals surface area contributed by atoms with Crippen LogP contribution in [0.15, 0.2) is 24.5 Å². The predicted octanol–water partition coefficient (Wildman–Crippen LogP) is 2.44. The van der Waals surface area contributed by atoms with Crippen LogP contribution in [0.4, 0.5) is 8.78 Å². The molecule has 1 aromatic rings. The molecule has 2 heterocycles. The molecule has 25 heavy (non-hydrogen) atoms. The van der Waals surface area contributed by atoms with Gasteiger partial charge in [0, 0.05) is 43.7 Å². The molecule has 5 nitrogen and oxygen atoms in total. The van der Waals surface area contributed by atoms with E-state index in [1.54, 1.807) is 12.4 Å². The van der Waals surface area contributed by atoms with E-state index in [2.05, 4.69) is 10.3 Å². The molecule has 7 heteroatoms. The first-order valence-corrected chi connectivity index (χ1v) is 8.84. The zero-order chi connectivity index (χ0) is 17.6. The quantitative estimate of drug-likeness (QED) is 0.908. The van der Waals surface area contributed by atoms with Gasteiger partial charge < -0.3 is 10.2 Å². The average Bonchev–Trinajstić information content (AvgIpc) is 3.38. The topological polar surface area (TPSA) is 62.3 Å². The first kappa shape index (κ1) is 16.4. The minimum Gasteiger partial charge on any atom is -0.353 e. The van der Waals surface area contributed by atoms with Gasteiger partial charge in [0.2, 0.25) is 11.8 Å². The number of hydrogen-bond donors (Lipinski definition) is 1. The summed E-state index contributed by atoms with van der Waals surface area (Å²) in [6.07, 6.45) is 5.41. The van der Waals surface area contributed by atoms with E-state index in [1.807, 2.05) is 17.0 Å². The van der Waals surface area contributed by atoms with Crippen LogP contribution in [-0.2, 0) is 9.59 Å². The first-order valence-electron chi connectivity index (χ1n) is 8.84. The van der Waals surface area contributed by atoms with Crippen LogP contribution < -0.4 is 5.32 Å². The van der Waals surface area contributed by atoms with Crippen molar-refractivity contribution in [1.82, 2.24) is 15.2 Å². The van der Waals surface area contributed by atoms with Gasteiger partial charge in [0.15, 0.2) is 0 Å². The van der Waals surface area contributed by atoms with Crippen molar-refractivity contribution < 1.29 is 18.4 Å². The summed E-state index contributed by atoms with van der Waals surface area (Å²) >= 11 is 0. The molecule has 0 unspecified atom stereocenters. The lowest BCUT2D eigenvalue weighted by Gasteiger charge is -2.42. The number of halogens is 2. The standard InChI is InChI=1S/C18H21F2N3O2/c19-18(20)9-12(10-18)22-17(25)14-3-4-15(24)23(13-1-2-13)16(14)11-5-7-21-8-6-11/h5-8,12-14,16H,1-4,9-10H2,(H,22,25)/t14-,16+/m0/s1. The lowest BCUT2D eigenvalue weighted by Crippen LogP contribution is -2.55. The Morgan fingerprint density at radius 1 is 1.20 bits per heavy atom. The van der Waals surface area contributed by atoms with Crippen molar-refractivity contribution in [3.8, 4) is 0 Å². The van der Waals surface area contributed by atoms with Gasteiger partial charge in [-0.1, -0.05) is 0 Å². The fourth-order valence-corrected chi connectivity index (χ4v) is 4.00. The number of rotatable bonds is 4. The highest BCUT2D eigenvalue weighted by molar-refractivity contribution is 5.85. The Labute approximate surface area is 144 Å². The number of alkyl halides is 2. The minimum absolute atomic E-state index is 0.0727. The summed E-state index contributed by atoms with van der Waals surface area (Å²) in [5, 5.41) is 2.76. The van der Waals surface area contributed by atoms with Gasteiger partial charge >= 0.3 is 0 Å². The number of piperidine rings is 1. The van der Waals surface area contributed by atoms with Gasteiger partial charge in [-0.05, 0) is 37.0 Å². The van der Waals surface area contributed by atoms with Crippen molar-refractivity contribution in [2.45, 2.75) is 62.6 Å². The molecule has 1 saturated heterocycles. The van der Waals surface area contributed by atoms with E-state index in [-0.39, 0.29) is 36.7 Å². The highest BCUT2D eigenvalue weighted by atomic mass is 19.3. The van der Waals surface area contributed by atoms with Crippen molar-refractivity contribution in [2.75, 3.05) is 0 Å². The fraction of sp³-hybridized carbons (Fsp3) is 0.611.